The molecule has 0 saturated heterocycles. The van der Waals surface area contributed by atoms with Crippen LogP contribution in [-0.2, 0) is 18.9 Å². The number of hydrogen-bond acceptors (Lipinski definition) is 9. The highest BCUT2D eigenvalue weighted by atomic mass is 16.6. The summed E-state index contributed by atoms with van der Waals surface area (Å²) in [5.74, 6) is 6.21. The summed E-state index contributed by atoms with van der Waals surface area (Å²) < 4.78 is 23.3. The zero-order valence-corrected chi connectivity index (χ0v) is 23.9. The van der Waals surface area contributed by atoms with E-state index in [1.807, 2.05) is 6.92 Å². The van der Waals surface area contributed by atoms with Gasteiger partial charge in [-0.25, -0.2) is 5.01 Å². The van der Waals surface area contributed by atoms with E-state index in [4.69, 9.17) is 24.8 Å². The van der Waals surface area contributed by atoms with Crippen LogP contribution in [0.4, 0.5) is 0 Å². The molecule has 9 nitrogen and oxygen atoms in total. The molecule has 0 heterocycles. The maximum atomic E-state index is 10.5. The zero-order chi connectivity index (χ0) is 26.9. The number of hydrogen-bond donors (Lipinski definition) is 4. The Bertz CT molecular complexity index is 558. The van der Waals surface area contributed by atoms with Gasteiger partial charge >= 0.3 is 0 Å². The van der Waals surface area contributed by atoms with Gasteiger partial charge in [-0.1, -0.05) is 52.4 Å². The molecule has 3 atom stereocenters. The van der Waals surface area contributed by atoms with E-state index >= 15 is 0 Å². The van der Waals surface area contributed by atoms with Crippen LogP contribution in [0.25, 0.3) is 0 Å². The minimum absolute atomic E-state index is 0.195. The fraction of sp³-hybridized carbons (Fsp3) is 1.00. The van der Waals surface area contributed by atoms with Gasteiger partial charge in [0.05, 0.1) is 51.8 Å². The van der Waals surface area contributed by atoms with Crippen molar-refractivity contribution < 1.29 is 29.2 Å². The fourth-order valence-electron chi connectivity index (χ4n) is 5.15. The lowest BCUT2D eigenvalue weighted by Crippen LogP contribution is -2.47. The van der Waals surface area contributed by atoms with Crippen molar-refractivity contribution in [3.05, 3.63) is 0 Å². The first-order valence-electron chi connectivity index (χ1n) is 14.7. The highest BCUT2D eigenvalue weighted by molar-refractivity contribution is 4.76. The van der Waals surface area contributed by atoms with Crippen molar-refractivity contribution >= 4 is 0 Å². The minimum Gasteiger partial charge on any atom is -0.389 e. The second-order valence-corrected chi connectivity index (χ2v) is 11.8. The van der Waals surface area contributed by atoms with Gasteiger partial charge in [0.2, 0.25) is 0 Å². The molecular formula is C28H57N3O6. The molecule has 0 aromatic rings. The zero-order valence-electron chi connectivity index (χ0n) is 23.9. The maximum absolute atomic E-state index is 10.5. The van der Waals surface area contributed by atoms with E-state index in [-0.39, 0.29) is 18.1 Å². The van der Waals surface area contributed by atoms with E-state index in [2.05, 4.69) is 19.2 Å². The summed E-state index contributed by atoms with van der Waals surface area (Å²) in [6.07, 6.45) is 10.8. The molecule has 2 rings (SSSR count). The summed E-state index contributed by atoms with van der Waals surface area (Å²) in [4.78, 5) is 0. The topological polar surface area (TPSA) is 119 Å². The van der Waals surface area contributed by atoms with Crippen LogP contribution in [0.5, 0.6) is 0 Å². The fourth-order valence-corrected chi connectivity index (χ4v) is 5.15. The van der Waals surface area contributed by atoms with E-state index in [9.17, 15) is 10.2 Å². The normalized spacial score (nSPS) is 20.8. The molecule has 2 aliphatic rings. The standard InChI is InChI=1S/C28H57N3O6/c1-4-34-19-27(37-18-26(33)16-31(29)24-13-9-6-10-14-24)20-36-22-28(2,3)21-35-17-25(32)15-30-23-11-7-5-8-12-23/h23-27,30,32-33H,4-22,29H2,1-3H3. The summed E-state index contributed by atoms with van der Waals surface area (Å²) in [6.45, 7) is 9.98. The third-order valence-corrected chi connectivity index (χ3v) is 7.34. The molecule has 37 heavy (non-hydrogen) atoms. The molecular weight excluding hydrogens is 474 g/mol. The molecule has 0 aromatic heterocycles. The average Bonchev–Trinajstić information content (AvgIpc) is 2.89. The van der Waals surface area contributed by atoms with Gasteiger partial charge in [-0.2, -0.15) is 0 Å². The van der Waals surface area contributed by atoms with Crippen LogP contribution < -0.4 is 11.2 Å². The third kappa shape index (κ3) is 15.1. The van der Waals surface area contributed by atoms with Gasteiger partial charge in [-0.15, -0.1) is 0 Å². The van der Waals surface area contributed by atoms with Gasteiger partial charge in [0.25, 0.3) is 0 Å². The van der Waals surface area contributed by atoms with Crippen LogP contribution in [0, 0.1) is 5.41 Å². The molecule has 0 aromatic carbocycles. The summed E-state index contributed by atoms with van der Waals surface area (Å²) in [6, 6.07) is 0.886. The largest absolute Gasteiger partial charge is 0.389 e. The average molecular weight is 532 g/mol. The number of aliphatic hydroxyl groups excluding tert-OH is 2. The Morgan fingerprint density at radius 1 is 0.838 bits per heavy atom. The smallest absolute Gasteiger partial charge is 0.104 e. The van der Waals surface area contributed by atoms with Gasteiger partial charge in [0.1, 0.15) is 6.10 Å². The molecule has 220 valence electrons. The molecule has 0 radical (unpaired) electrons. The monoisotopic (exact) mass is 531 g/mol. The number of nitrogens with two attached hydrogens (primary N) is 1. The van der Waals surface area contributed by atoms with Gasteiger partial charge < -0.3 is 34.5 Å². The molecule has 2 fully saturated rings. The molecule has 0 amide bonds. The Kier molecular flexibility index (Phi) is 16.7. The Balaban J connectivity index is 1.60. The van der Waals surface area contributed by atoms with Crippen molar-refractivity contribution in [2.45, 2.75) is 115 Å². The predicted molar refractivity (Wildman–Crippen MR) is 146 cm³/mol. The van der Waals surface area contributed by atoms with Crippen molar-refractivity contribution in [2.75, 3.05) is 59.3 Å². The minimum atomic E-state index is -0.653. The van der Waals surface area contributed by atoms with Crippen LogP contribution in [0.3, 0.4) is 0 Å². The van der Waals surface area contributed by atoms with Crippen molar-refractivity contribution in [1.82, 2.24) is 10.3 Å². The molecule has 0 spiro atoms. The van der Waals surface area contributed by atoms with Crippen molar-refractivity contribution in [3.8, 4) is 0 Å². The van der Waals surface area contributed by atoms with Crippen molar-refractivity contribution in [1.29, 1.82) is 0 Å². The van der Waals surface area contributed by atoms with Gasteiger partial charge in [0, 0.05) is 37.2 Å². The lowest BCUT2D eigenvalue weighted by atomic mass is 9.95. The molecule has 0 bridgehead atoms. The molecule has 9 heteroatoms. The lowest BCUT2D eigenvalue weighted by Gasteiger charge is -2.32. The van der Waals surface area contributed by atoms with E-state index in [0.29, 0.717) is 64.8 Å². The first kappa shape index (κ1) is 32.8. The van der Waals surface area contributed by atoms with Crippen molar-refractivity contribution in [2.24, 2.45) is 11.3 Å². The molecule has 5 N–H and O–H groups in total. The number of nitrogens with one attached hydrogen (secondary N) is 1. The van der Waals surface area contributed by atoms with E-state index in [1.54, 1.807) is 5.01 Å². The van der Waals surface area contributed by atoms with Gasteiger partial charge in [-0.3, -0.25) is 5.84 Å². The summed E-state index contributed by atoms with van der Waals surface area (Å²) in [5, 5.41) is 26.0. The molecule has 2 aliphatic carbocycles. The second kappa shape index (κ2) is 18.8. The number of ether oxygens (including phenoxy) is 4. The Morgan fingerprint density at radius 2 is 1.43 bits per heavy atom. The predicted octanol–water partition coefficient (Wildman–Crippen LogP) is 2.62. The number of nitrogens with zero attached hydrogens (tertiary/aromatic N) is 1. The highest BCUT2D eigenvalue weighted by Crippen LogP contribution is 2.21. The van der Waals surface area contributed by atoms with E-state index in [0.717, 1.165) is 12.8 Å². The van der Waals surface area contributed by atoms with Crippen LogP contribution in [-0.4, -0.2) is 105 Å². The van der Waals surface area contributed by atoms with Crippen LogP contribution in [0.15, 0.2) is 0 Å². The molecule has 3 unspecified atom stereocenters. The van der Waals surface area contributed by atoms with Crippen LogP contribution in [0.2, 0.25) is 0 Å². The summed E-state index contributed by atoms with van der Waals surface area (Å²) in [7, 11) is 0. The van der Waals surface area contributed by atoms with Gasteiger partial charge in [0.15, 0.2) is 0 Å². The number of hydrazine groups is 1. The quantitative estimate of drug-likeness (QED) is 0.139. The number of rotatable bonds is 20. The van der Waals surface area contributed by atoms with Gasteiger partial charge in [-0.05, 0) is 32.6 Å². The van der Waals surface area contributed by atoms with E-state index < -0.39 is 12.2 Å². The Hall–Kier alpha value is -0.360. The maximum Gasteiger partial charge on any atom is 0.104 e. The SMILES string of the molecule is CCOCC(COCC(C)(C)COCC(O)CNC1CCCCC1)OCC(O)CN(N)C1CCCCC1. The first-order valence-corrected chi connectivity index (χ1v) is 14.7. The van der Waals surface area contributed by atoms with Crippen molar-refractivity contribution in [3.63, 3.8) is 0 Å². The second-order valence-electron chi connectivity index (χ2n) is 11.8. The highest BCUT2D eigenvalue weighted by Gasteiger charge is 2.23. The Morgan fingerprint density at radius 3 is 2.08 bits per heavy atom. The molecule has 2 saturated carbocycles. The Labute approximate surface area is 225 Å². The summed E-state index contributed by atoms with van der Waals surface area (Å²) >= 11 is 0. The van der Waals surface area contributed by atoms with Crippen LogP contribution >= 0.6 is 0 Å². The lowest BCUT2D eigenvalue weighted by molar-refractivity contribution is -0.0988. The number of aliphatic hydroxyl groups is 2. The summed E-state index contributed by atoms with van der Waals surface area (Å²) in [5.41, 5.74) is -0.202. The van der Waals surface area contributed by atoms with Crippen LogP contribution in [0.1, 0.15) is 85.0 Å². The van der Waals surface area contributed by atoms with E-state index in [1.165, 1.54) is 51.4 Å². The first-order chi connectivity index (χ1) is 17.8. The third-order valence-electron chi connectivity index (χ3n) is 7.34. The molecule has 0 aliphatic heterocycles.